The molecule has 4 atom stereocenters. The van der Waals surface area contributed by atoms with E-state index in [2.05, 4.69) is 0 Å². The second kappa shape index (κ2) is 4.69. The summed E-state index contributed by atoms with van der Waals surface area (Å²) in [5.74, 6) is -0.346. The Labute approximate surface area is 114 Å². The third kappa shape index (κ3) is 2.26. The molecule has 0 radical (unpaired) electrons. The fourth-order valence-electron chi connectivity index (χ4n) is 3.83. The maximum atomic E-state index is 11.9. The molecule has 0 saturated heterocycles. The van der Waals surface area contributed by atoms with Crippen LogP contribution in [-0.2, 0) is 4.79 Å². The molecule has 0 unspecified atom stereocenters. The fraction of sp³-hybridized carbons (Fsp3) is 0.800. The normalized spacial score (nSPS) is 39.8. The molecule has 0 aromatic carbocycles. The molecule has 1 fully saturated rings. The number of Topliss-reactive ketones (excluding diaryl/α,β-unsaturated/α-hetero) is 1. The Morgan fingerprint density at radius 2 is 2.05 bits per heavy atom. The molecule has 0 heterocycles. The van der Waals surface area contributed by atoms with Crippen LogP contribution >= 0.6 is 0 Å². The first-order valence-electron chi connectivity index (χ1n) is 6.96. The standard InChI is InChI=1S/C15H24O4/c1-9-6-15(7-12(9)17)10(8-16)4-5-11(13(15)18)14(2,3)19/h6,10-11,13,16,18-19H,4-5,7-8H2,1-3H3/t10-,11+,13+,15-/m0/s1. The van der Waals surface area contributed by atoms with E-state index >= 15 is 0 Å². The largest absolute Gasteiger partial charge is 0.396 e. The second-order valence-corrected chi connectivity index (χ2v) is 6.70. The van der Waals surface area contributed by atoms with E-state index < -0.39 is 17.1 Å². The number of hydrogen-bond acceptors (Lipinski definition) is 4. The van der Waals surface area contributed by atoms with Gasteiger partial charge in [-0.1, -0.05) is 6.08 Å². The molecule has 0 aliphatic heterocycles. The summed E-state index contributed by atoms with van der Waals surface area (Å²) in [4.78, 5) is 11.9. The van der Waals surface area contributed by atoms with Gasteiger partial charge in [-0.25, -0.2) is 0 Å². The van der Waals surface area contributed by atoms with Gasteiger partial charge >= 0.3 is 0 Å². The van der Waals surface area contributed by atoms with E-state index in [1.165, 1.54) is 0 Å². The number of rotatable bonds is 2. The number of allylic oxidation sites excluding steroid dienone is 1. The first kappa shape index (κ1) is 14.7. The van der Waals surface area contributed by atoms with Gasteiger partial charge in [-0.05, 0) is 45.1 Å². The van der Waals surface area contributed by atoms with E-state index in [1.807, 2.05) is 6.08 Å². The van der Waals surface area contributed by atoms with Crippen LogP contribution in [0.25, 0.3) is 0 Å². The van der Waals surface area contributed by atoms with Crippen LogP contribution in [0.5, 0.6) is 0 Å². The highest BCUT2D eigenvalue weighted by atomic mass is 16.3. The topological polar surface area (TPSA) is 77.8 Å². The quantitative estimate of drug-likeness (QED) is 0.699. The highest BCUT2D eigenvalue weighted by Crippen LogP contribution is 2.53. The molecule has 4 nitrogen and oxygen atoms in total. The lowest BCUT2D eigenvalue weighted by Crippen LogP contribution is -2.54. The van der Waals surface area contributed by atoms with Crippen LogP contribution in [0.1, 0.15) is 40.0 Å². The van der Waals surface area contributed by atoms with E-state index in [0.717, 1.165) is 6.42 Å². The van der Waals surface area contributed by atoms with Crippen LogP contribution in [0.15, 0.2) is 11.6 Å². The van der Waals surface area contributed by atoms with Crippen LogP contribution in [-0.4, -0.2) is 39.4 Å². The zero-order valence-corrected chi connectivity index (χ0v) is 11.9. The SMILES string of the molecule is CC1=C[C@]2(CC1=O)[C@H](CO)CC[C@@H](C(C)(C)O)[C@H]2O. The first-order valence-corrected chi connectivity index (χ1v) is 6.96. The Kier molecular flexibility index (Phi) is 3.62. The van der Waals surface area contributed by atoms with E-state index in [4.69, 9.17) is 0 Å². The molecule has 2 aliphatic rings. The number of aliphatic hydroxyl groups is 3. The van der Waals surface area contributed by atoms with E-state index in [9.17, 15) is 20.1 Å². The Morgan fingerprint density at radius 3 is 2.47 bits per heavy atom. The Balaban J connectivity index is 2.40. The van der Waals surface area contributed by atoms with Crippen LogP contribution < -0.4 is 0 Å². The Bertz CT molecular complexity index is 407. The summed E-state index contributed by atoms with van der Waals surface area (Å²) < 4.78 is 0. The number of aliphatic hydroxyl groups excluding tert-OH is 2. The van der Waals surface area contributed by atoms with Crippen molar-refractivity contribution in [3.8, 4) is 0 Å². The highest BCUT2D eigenvalue weighted by molar-refractivity contribution is 5.98. The van der Waals surface area contributed by atoms with Crippen molar-refractivity contribution in [2.45, 2.75) is 51.7 Å². The summed E-state index contributed by atoms with van der Waals surface area (Å²) in [6.45, 7) is 5.11. The average molecular weight is 268 g/mol. The third-order valence-electron chi connectivity index (χ3n) is 5.04. The molecule has 108 valence electrons. The van der Waals surface area contributed by atoms with Crippen LogP contribution in [0.3, 0.4) is 0 Å². The van der Waals surface area contributed by atoms with Crippen molar-refractivity contribution in [1.29, 1.82) is 0 Å². The van der Waals surface area contributed by atoms with E-state index in [0.29, 0.717) is 12.0 Å². The molecule has 1 saturated carbocycles. The second-order valence-electron chi connectivity index (χ2n) is 6.70. The van der Waals surface area contributed by atoms with Crippen molar-refractivity contribution in [2.75, 3.05) is 6.61 Å². The van der Waals surface area contributed by atoms with Gasteiger partial charge in [0.05, 0.1) is 11.7 Å². The number of hydrogen-bond donors (Lipinski definition) is 3. The van der Waals surface area contributed by atoms with Crippen molar-refractivity contribution in [2.24, 2.45) is 17.3 Å². The van der Waals surface area contributed by atoms with Crippen molar-refractivity contribution in [3.05, 3.63) is 11.6 Å². The average Bonchev–Trinajstić information content (AvgIpc) is 2.58. The predicted octanol–water partition coefficient (Wildman–Crippen LogP) is 1.04. The van der Waals surface area contributed by atoms with E-state index in [1.54, 1.807) is 20.8 Å². The van der Waals surface area contributed by atoms with Crippen molar-refractivity contribution < 1.29 is 20.1 Å². The Morgan fingerprint density at radius 1 is 1.42 bits per heavy atom. The van der Waals surface area contributed by atoms with Gasteiger partial charge in [0.2, 0.25) is 0 Å². The van der Waals surface area contributed by atoms with Gasteiger partial charge in [0.15, 0.2) is 5.78 Å². The van der Waals surface area contributed by atoms with Gasteiger partial charge in [0, 0.05) is 24.4 Å². The lowest BCUT2D eigenvalue weighted by atomic mass is 9.58. The molecule has 19 heavy (non-hydrogen) atoms. The summed E-state index contributed by atoms with van der Waals surface area (Å²) in [6.07, 6.45) is 2.68. The fourth-order valence-corrected chi connectivity index (χ4v) is 3.83. The minimum absolute atomic E-state index is 0.0350. The van der Waals surface area contributed by atoms with Gasteiger partial charge in [-0.15, -0.1) is 0 Å². The van der Waals surface area contributed by atoms with Crippen molar-refractivity contribution in [1.82, 2.24) is 0 Å². The molecule has 3 N–H and O–H groups in total. The first-order chi connectivity index (χ1) is 8.72. The van der Waals surface area contributed by atoms with Crippen LogP contribution in [0, 0.1) is 17.3 Å². The van der Waals surface area contributed by atoms with Crippen LogP contribution in [0.4, 0.5) is 0 Å². The number of carbonyl (C=O) groups excluding carboxylic acids is 1. The molecule has 2 rings (SSSR count). The molecule has 4 heteroatoms. The maximum absolute atomic E-state index is 11.9. The number of ketones is 1. The summed E-state index contributed by atoms with van der Waals surface area (Å²) in [6, 6.07) is 0. The van der Waals surface area contributed by atoms with Gasteiger partial charge in [0.25, 0.3) is 0 Å². The lowest BCUT2D eigenvalue weighted by molar-refractivity contribution is -0.143. The van der Waals surface area contributed by atoms with Gasteiger partial charge < -0.3 is 15.3 Å². The molecule has 2 aliphatic carbocycles. The molecule has 0 aromatic heterocycles. The highest BCUT2D eigenvalue weighted by Gasteiger charge is 2.55. The molecule has 0 amide bonds. The molecule has 1 spiro atoms. The zero-order chi connectivity index (χ0) is 14.4. The van der Waals surface area contributed by atoms with E-state index in [-0.39, 0.29) is 30.6 Å². The lowest BCUT2D eigenvalue weighted by Gasteiger charge is -2.50. The molecule has 0 aromatic rings. The van der Waals surface area contributed by atoms with Gasteiger partial charge in [-0.2, -0.15) is 0 Å². The van der Waals surface area contributed by atoms with Gasteiger partial charge in [0.1, 0.15) is 0 Å². The van der Waals surface area contributed by atoms with Crippen molar-refractivity contribution >= 4 is 5.78 Å². The minimum atomic E-state index is -0.986. The maximum Gasteiger partial charge on any atom is 0.159 e. The summed E-state index contributed by atoms with van der Waals surface area (Å²) in [5.41, 5.74) is -1.02. The van der Waals surface area contributed by atoms with Crippen LogP contribution in [0.2, 0.25) is 0 Å². The smallest absolute Gasteiger partial charge is 0.159 e. The molecule has 0 bridgehead atoms. The predicted molar refractivity (Wildman–Crippen MR) is 71.4 cm³/mol. The third-order valence-corrected chi connectivity index (χ3v) is 5.04. The number of carbonyl (C=O) groups is 1. The summed E-state index contributed by atoms with van der Waals surface area (Å²) in [5, 5.41) is 30.5. The van der Waals surface area contributed by atoms with Gasteiger partial charge in [-0.3, -0.25) is 4.79 Å². The van der Waals surface area contributed by atoms with Crippen molar-refractivity contribution in [3.63, 3.8) is 0 Å². The summed E-state index contributed by atoms with van der Waals surface area (Å²) >= 11 is 0. The molecular formula is C15H24O4. The summed E-state index contributed by atoms with van der Waals surface area (Å²) in [7, 11) is 0. The minimum Gasteiger partial charge on any atom is -0.396 e. The Hall–Kier alpha value is -0.710. The molecular weight excluding hydrogens is 244 g/mol. The monoisotopic (exact) mass is 268 g/mol. The zero-order valence-electron chi connectivity index (χ0n) is 11.9.